The van der Waals surface area contributed by atoms with Crippen LogP contribution in [0.4, 0.5) is 4.39 Å². The molecule has 148 valence electrons. The van der Waals surface area contributed by atoms with E-state index in [1.54, 1.807) is 12.1 Å². The minimum absolute atomic E-state index is 0. The molecule has 0 spiro atoms. The first-order valence-corrected chi connectivity index (χ1v) is 11.3. The zero-order chi connectivity index (χ0) is 18.9. The van der Waals surface area contributed by atoms with Gasteiger partial charge >= 0.3 is 0 Å². The normalized spacial score (nSPS) is 18.7. The number of hydrogen-bond donors (Lipinski definition) is 1. The molecule has 2 aromatic rings. The number of piperazine rings is 1. The van der Waals surface area contributed by atoms with Crippen molar-refractivity contribution >= 4 is 32.3 Å². The number of sulfone groups is 1. The highest BCUT2D eigenvalue weighted by Gasteiger charge is 2.34. The van der Waals surface area contributed by atoms with E-state index >= 15 is 0 Å². The number of sulfonamides is 1. The molecule has 6 nitrogen and oxygen atoms in total. The van der Waals surface area contributed by atoms with Gasteiger partial charge in [-0.2, -0.15) is 4.31 Å². The molecule has 10 heteroatoms. The van der Waals surface area contributed by atoms with Crippen LogP contribution in [0.3, 0.4) is 0 Å². The quantitative estimate of drug-likeness (QED) is 0.795. The van der Waals surface area contributed by atoms with Gasteiger partial charge in [-0.1, -0.05) is 12.1 Å². The molecule has 3 rings (SSSR count). The number of benzene rings is 2. The Balaban J connectivity index is 0.00000261. The number of rotatable bonds is 4. The van der Waals surface area contributed by atoms with Crippen LogP contribution in [0, 0.1) is 5.82 Å². The van der Waals surface area contributed by atoms with E-state index in [2.05, 4.69) is 5.32 Å². The van der Waals surface area contributed by atoms with Crippen LogP contribution in [0.2, 0.25) is 0 Å². The molecular weight excluding hydrogens is 415 g/mol. The minimum Gasteiger partial charge on any atom is -0.313 e. The van der Waals surface area contributed by atoms with E-state index in [1.165, 1.54) is 40.7 Å². The highest BCUT2D eigenvalue weighted by molar-refractivity contribution is 7.90. The van der Waals surface area contributed by atoms with Crippen molar-refractivity contribution in [3.05, 3.63) is 59.9 Å². The number of hydrogen-bond acceptors (Lipinski definition) is 5. The van der Waals surface area contributed by atoms with Gasteiger partial charge in [0, 0.05) is 25.9 Å². The number of nitrogens with zero attached hydrogens (tertiary/aromatic N) is 1. The summed E-state index contributed by atoms with van der Waals surface area (Å²) >= 11 is 0. The Morgan fingerprint density at radius 1 is 1.04 bits per heavy atom. The molecule has 1 atom stereocenters. The zero-order valence-electron chi connectivity index (χ0n) is 14.5. The topological polar surface area (TPSA) is 83.5 Å². The lowest BCUT2D eigenvalue weighted by Gasteiger charge is -2.35. The third-order valence-corrected chi connectivity index (χ3v) is 7.34. The first kappa shape index (κ1) is 21.8. The first-order valence-electron chi connectivity index (χ1n) is 7.98. The van der Waals surface area contributed by atoms with Crippen molar-refractivity contribution in [1.82, 2.24) is 9.62 Å². The molecule has 2 aromatic carbocycles. The average molecular weight is 435 g/mol. The molecule has 0 bridgehead atoms. The van der Waals surface area contributed by atoms with Crippen molar-refractivity contribution in [1.29, 1.82) is 0 Å². The Morgan fingerprint density at radius 3 is 2.26 bits per heavy atom. The van der Waals surface area contributed by atoms with E-state index in [0.29, 0.717) is 18.7 Å². The maximum absolute atomic E-state index is 13.6. The van der Waals surface area contributed by atoms with Crippen LogP contribution >= 0.6 is 12.4 Å². The molecule has 1 saturated heterocycles. The summed E-state index contributed by atoms with van der Waals surface area (Å²) in [5.74, 6) is -0.428. The predicted molar refractivity (Wildman–Crippen MR) is 103 cm³/mol. The summed E-state index contributed by atoms with van der Waals surface area (Å²) in [4.78, 5) is 0.0617. The maximum atomic E-state index is 13.6. The van der Waals surface area contributed by atoms with Crippen molar-refractivity contribution in [3.8, 4) is 0 Å². The van der Waals surface area contributed by atoms with Crippen LogP contribution in [0.5, 0.6) is 0 Å². The van der Waals surface area contributed by atoms with Gasteiger partial charge in [0.15, 0.2) is 9.84 Å². The Morgan fingerprint density at radius 2 is 1.67 bits per heavy atom. The Bertz CT molecular complexity index is 1010. The SMILES string of the molecule is CS(=O)(=O)c1ccc(S(=O)(=O)N2CCNCC2c2cccc(F)c2)cc1.Cl. The highest BCUT2D eigenvalue weighted by Crippen LogP contribution is 2.29. The molecule has 0 saturated carbocycles. The first-order chi connectivity index (χ1) is 12.2. The molecule has 0 radical (unpaired) electrons. The Hall–Kier alpha value is -1.52. The van der Waals surface area contributed by atoms with E-state index < -0.39 is 31.7 Å². The molecule has 0 aliphatic carbocycles. The van der Waals surface area contributed by atoms with E-state index in [1.807, 2.05) is 0 Å². The van der Waals surface area contributed by atoms with E-state index in [0.717, 1.165) is 6.26 Å². The van der Waals surface area contributed by atoms with Gasteiger partial charge < -0.3 is 5.32 Å². The van der Waals surface area contributed by atoms with Crippen molar-refractivity contribution in [3.63, 3.8) is 0 Å². The highest BCUT2D eigenvalue weighted by atomic mass is 35.5. The molecule has 1 aliphatic heterocycles. The molecule has 1 heterocycles. The van der Waals surface area contributed by atoms with E-state index in [4.69, 9.17) is 0 Å². The molecule has 1 unspecified atom stereocenters. The second-order valence-corrected chi connectivity index (χ2v) is 10.0. The van der Waals surface area contributed by atoms with Crippen LogP contribution in [0.15, 0.2) is 58.3 Å². The summed E-state index contributed by atoms with van der Waals surface area (Å²) in [5, 5.41) is 3.13. The fourth-order valence-corrected chi connectivity index (χ4v) is 5.21. The van der Waals surface area contributed by atoms with Crippen molar-refractivity contribution in [2.75, 3.05) is 25.9 Å². The lowest BCUT2D eigenvalue weighted by atomic mass is 10.1. The minimum atomic E-state index is -3.86. The standard InChI is InChI=1S/C17H19FN2O4S2.ClH/c1-25(21,22)15-5-7-16(8-6-15)26(23,24)20-10-9-19-12-17(20)13-3-2-4-14(18)11-13;/h2-8,11,17,19H,9-10,12H2,1H3;1H. The fraction of sp³-hybridized carbons (Fsp3) is 0.294. The van der Waals surface area contributed by atoms with Crippen LogP contribution in [0.1, 0.15) is 11.6 Å². The summed E-state index contributed by atoms with van der Waals surface area (Å²) in [6.45, 7) is 1.08. The summed E-state index contributed by atoms with van der Waals surface area (Å²) in [5.41, 5.74) is 0.563. The third kappa shape index (κ3) is 4.67. The molecule has 1 aliphatic rings. The fourth-order valence-electron chi connectivity index (χ4n) is 2.97. The molecule has 27 heavy (non-hydrogen) atoms. The van der Waals surface area contributed by atoms with Crippen molar-refractivity contribution in [2.45, 2.75) is 15.8 Å². The van der Waals surface area contributed by atoms with Gasteiger partial charge in [0.2, 0.25) is 10.0 Å². The summed E-state index contributed by atoms with van der Waals surface area (Å²) in [7, 11) is -7.27. The Kier molecular flexibility index (Phi) is 6.64. The summed E-state index contributed by atoms with van der Waals surface area (Å²) < 4.78 is 64.2. The second kappa shape index (κ2) is 8.24. The predicted octanol–water partition coefficient (Wildman–Crippen LogP) is 1.99. The van der Waals surface area contributed by atoms with Crippen LogP contribution < -0.4 is 5.32 Å². The summed E-state index contributed by atoms with van der Waals surface area (Å²) in [6.07, 6.45) is 1.06. The summed E-state index contributed by atoms with van der Waals surface area (Å²) in [6, 6.07) is 10.5. The molecular formula is C17H20ClFN2O4S2. The molecule has 0 aromatic heterocycles. The van der Waals surface area contributed by atoms with Gasteiger partial charge in [-0.3, -0.25) is 0 Å². The second-order valence-electron chi connectivity index (χ2n) is 6.13. The molecule has 1 fully saturated rings. The number of halogens is 2. The van der Waals surface area contributed by atoms with Crippen LogP contribution in [-0.4, -0.2) is 47.0 Å². The average Bonchev–Trinajstić information content (AvgIpc) is 2.61. The van der Waals surface area contributed by atoms with Gasteiger partial charge in [0.25, 0.3) is 0 Å². The molecule has 0 amide bonds. The maximum Gasteiger partial charge on any atom is 0.243 e. The van der Waals surface area contributed by atoms with E-state index in [-0.39, 0.29) is 28.7 Å². The lowest BCUT2D eigenvalue weighted by Crippen LogP contribution is -2.48. The Labute approximate surface area is 164 Å². The van der Waals surface area contributed by atoms with Gasteiger partial charge in [-0.05, 0) is 42.0 Å². The van der Waals surface area contributed by atoms with Gasteiger partial charge in [-0.25, -0.2) is 21.2 Å². The van der Waals surface area contributed by atoms with Gasteiger partial charge in [0.1, 0.15) is 5.82 Å². The van der Waals surface area contributed by atoms with Gasteiger partial charge in [0.05, 0.1) is 15.8 Å². The van der Waals surface area contributed by atoms with Gasteiger partial charge in [-0.15, -0.1) is 12.4 Å². The molecule has 1 N–H and O–H groups in total. The largest absolute Gasteiger partial charge is 0.313 e. The van der Waals surface area contributed by atoms with Crippen LogP contribution in [0.25, 0.3) is 0 Å². The van der Waals surface area contributed by atoms with Crippen molar-refractivity contribution < 1.29 is 21.2 Å². The smallest absolute Gasteiger partial charge is 0.243 e. The van der Waals surface area contributed by atoms with Crippen LogP contribution in [-0.2, 0) is 19.9 Å². The van der Waals surface area contributed by atoms with Crippen molar-refractivity contribution in [2.24, 2.45) is 0 Å². The lowest BCUT2D eigenvalue weighted by molar-refractivity contribution is 0.271. The zero-order valence-corrected chi connectivity index (χ0v) is 16.9. The monoisotopic (exact) mass is 434 g/mol. The van der Waals surface area contributed by atoms with E-state index in [9.17, 15) is 21.2 Å². The number of nitrogens with one attached hydrogen (secondary N) is 1. The third-order valence-electron chi connectivity index (χ3n) is 4.29.